The lowest BCUT2D eigenvalue weighted by atomic mass is 10.1. The Balaban J connectivity index is 1.91. The zero-order valence-electron chi connectivity index (χ0n) is 14.8. The van der Waals surface area contributed by atoms with Crippen molar-refractivity contribution in [2.24, 2.45) is 0 Å². The second kappa shape index (κ2) is 9.93. The molecule has 0 atom stereocenters. The first-order valence-electron chi connectivity index (χ1n) is 8.21. The molecule has 0 aliphatic heterocycles. The van der Waals surface area contributed by atoms with Crippen molar-refractivity contribution in [3.8, 4) is 0 Å². The maximum absolute atomic E-state index is 12.2. The van der Waals surface area contributed by atoms with Gasteiger partial charge in [-0.15, -0.1) is 0 Å². The highest BCUT2D eigenvalue weighted by atomic mass is 16.6. The third-order valence-electron chi connectivity index (χ3n) is 3.56. The highest BCUT2D eigenvalue weighted by Gasteiger charge is 2.16. The molecule has 0 bridgehead atoms. The van der Waals surface area contributed by atoms with E-state index >= 15 is 0 Å². The number of pyridine rings is 1. The minimum atomic E-state index is -0.766. The molecule has 0 aliphatic rings. The summed E-state index contributed by atoms with van der Waals surface area (Å²) in [6.45, 7) is 2.31. The van der Waals surface area contributed by atoms with Crippen LogP contribution in [0.4, 0.5) is 5.69 Å². The van der Waals surface area contributed by atoms with Crippen molar-refractivity contribution >= 4 is 23.5 Å². The van der Waals surface area contributed by atoms with Gasteiger partial charge in [0.2, 0.25) is 0 Å². The summed E-state index contributed by atoms with van der Waals surface area (Å²) < 4.78 is 5.11. The van der Waals surface area contributed by atoms with E-state index in [1.54, 1.807) is 18.5 Å². The first kappa shape index (κ1) is 19.9. The number of hydrogen-bond donors (Lipinski definition) is 1. The predicted molar refractivity (Wildman–Crippen MR) is 98.7 cm³/mol. The van der Waals surface area contributed by atoms with Gasteiger partial charge in [0.1, 0.15) is 12.2 Å². The number of carbonyl (C=O) groups excluding carboxylic acids is 2. The maximum atomic E-state index is 12.2. The molecule has 0 spiro atoms. The van der Waals surface area contributed by atoms with Gasteiger partial charge in [0.05, 0.1) is 4.92 Å². The summed E-state index contributed by atoms with van der Waals surface area (Å²) in [5, 5.41) is 13.9. The lowest BCUT2D eigenvalue weighted by Gasteiger charge is -2.08. The van der Waals surface area contributed by atoms with Crippen LogP contribution in [0.1, 0.15) is 18.1 Å². The van der Waals surface area contributed by atoms with Crippen LogP contribution >= 0.6 is 0 Å². The molecule has 1 N–H and O–H groups in total. The Kier molecular flexibility index (Phi) is 7.33. The molecule has 0 unspecified atom stereocenters. The number of ketones is 1. The third-order valence-corrected chi connectivity index (χ3v) is 3.56. The van der Waals surface area contributed by atoms with Gasteiger partial charge in [-0.1, -0.05) is 18.2 Å². The lowest BCUT2D eigenvalue weighted by molar-refractivity contribution is -0.384. The Morgan fingerprint density at radius 1 is 1.30 bits per heavy atom. The molecule has 0 amide bonds. The largest absolute Gasteiger partial charge is 0.461 e. The van der Waals surface area contributed by atoms with E-state index in [4.69, 9.17) is 4.74 Å². The molecule has 0 saturated heterocycles. The van der Waals surface area contributed by atoms with E-state index in [2.05, 4.69) is 10.3 Å². The lowest BCUT2D eigenvalue weighted by Crippen LogP contribution is -2.22. The number of rotatable bonds is 9. The van der Waals surface area contributed by atoms with E-state index < -0.39 is 16.7 Å². The molecule has 1 aromatic carbocycles. The van der Waals surface area contributed by atoms with E-state index in [-0.39, 0.29) is 17.9 Å². The van der Waals surface area contributed by atoms with E-state index in [1.807, 2.05) is 12.1 Å². The van der Waals surface area contributed by atoms with E-state index in [9.17, 15) is 19.7 Å². The Hall–Kier alpha value is -3.39. The van der Waals surface area contributed by atoms with Crippen LogP contribution in [-0.2, 0) is 20.9 Å². The van der Waals surface area contributed by atoms with Gasteiger partial charge in [0.25, 0.3) is 5.69 Å². The SMILES string of the molecule is CC(=O)C(=Cc1cccc([N+](=O)[O-])c1)C(=O)OCCNCc1cccnc1. The number of nitro benzene ring substituents is 1. The zero-order chi connectivity index (χ0) is 19.6. The number of hydrogen-bond acceptors (Lipinski definition) is 7. The van der Waals surface area contributed by atoms with Gasteiger partial charge in [-0.3, -0.25) is 19.9 Å². The minimum Gasteiger partial charge on any atom is -0.461 e. The van der Waals surface area contributed by atoms with Gasteiger partial charge in [-0.2, -0.15) is 0 Å². The van der Waals surface area contributed by atoms with Crippen LogP contribution in [0.25, 0.3) is 6.08 Å². The Labute approximate surface area is 156 Å². The van der Waals surface area contributed by atoms with Gasteiger partial charge in [-0.25, -0.2) is 4.79 Å². The van der Waals surface area contributed by atoms with E-state index in [1.165, 1.54) is 31.2 Å². The zero-order valence-corrected chi connectivity index (χ0v) is 14.8. The van der Waals surface area contributed by atoms with Gasteiger partial charge in [0, 0.05) is 37.6 Å². The van der Waals surface area contributed by atoms with Gasteiger partial charge in [0.15, 0.2) is 5.78 Å². The highest BCUT2D eigenvalue weighted by molar-refractivity contribution is 6.19. The van der Waals surface area contributed by atoms with Crippen molar-refractivity contribution in [3.63, 3.8) is 0 Å². The molecule has 2 aromatic rings. The molecular formula is C19H19N3O5. The summed E-state index contributed by atoms with van der Waals surface area (Å²) in [5.74, 6) is -1.24. The van der Waals surface area contributed by atoms with Crippen molar-refractivity contribution in [2.75, 3.05) is 13.2 Å². The molecule has 8 heteroatoms. The Morgan fingerprint density at radius 3 is 2.78 bits per heavy atom. The van der Waals surface area contributed by atoms with Crippen molar-refractivity contribution < 1.29 is 19.2 Å². The second-order valence-corrected chi connectivity index (χ2v) is 5.64. The number of benzene rings is 1. The van der Waals surface area contributed by atoms with Crippen LogP contribution in [0.15, 0.2) is 54.4 Å². The number of nitrogens with zero attached hydrogens (tertiary/aromatic N) is 2. The van der Waals surface area contributed by atoms with E-state index in [0.29, 0.717) is 18.7 Å². The fourth-order valence-electron chi connectivity index (χ4n) is 2.23. The van der Waals surface area contributed by atoms with Crippen molar-refractivity contribution in [2.45, 2.75) is 13.5 Å². The summed E-state index contributed by atoms with van der Waals surface area (Å²) in [7, 11) is 0. The molecule has 1 aromatic heterocycles. The Morgan fingerprint density at radius 2 is 2.11 bits per heavy atom. The standard InChI is InChI=1S/C19H19N3O5/c1-14(23)18(11-15-4-2-6-17(10-15)22(25)26)19(24)27-9-8-21-13-16-5-3-7-20-12-16/h2-7,10-12,21H,8-9,13H2,1H3. The van der Waals surface area contributed by atoms with Gasteiger partial charge >= 0.3 is 5.97 Å². The van der Waals surface area contributed by atoms with E-state index in [0.717, 1.165) is 5.56 Å². The van der Waals surface area contributed by atoms with Crippen LogP contribution in [0.5, 0.6) is 0 Å². The monoisotopic (exact) mass is 369 g/mol. The topological polar surface area (TPSA) is 111 Å². The second-order valence-electron chi connectivity index (χ2n) is 5.64. The van der Waals surface area contributed by atoms with Crippen LogP contribution in [0.2, 0.25) is 0 Å². The number of esters is 1. The van der Waals surface area contributed by atoms with Crippen LogP contribution in [0, 0.1) is 10.1 Å². The number of non-ortho nitro benzene ring substituents is 1. The molecule has 2 rings (SSSR count). The quantitative estimate of drug-likeness (QED) is 0.137. The van der Waals surface area contributed by atoms with Crippen LogP contribution < -0.4 is 5.32 Å². The highest BCUT2D eigenvalue weighted by Crippen LogP contribution is 2.16. The predicted octanol–water partition coefficient (Wildman–Crippen LogP) is 2.30. The molecular weight excluding hydrogens is 350 g/mol. The first-order chi connectivity index (χ1) is 13.0. The van der Waals surface area contributed by atoms with Crippen LogP contribution in [-0.4, -0.2) is 34.8 Å². The summed E-state index contributed by atoms with van der Waals surface area (Å²) in [4.78, 5) is 38.2. The smallest absolute Gasteiger partial charge is 0.341 e. The molecule has 0 saturated carbocycles. The summed E-state index contributed by atoms with van der Waals surface area (Å²) in [6.07, 6.45) is 4.71. The first-order valence-corrected chi connectivity index (χ1v) is 8.21. The number of nitro groups is 1. The normalized spacial score (nSPS) is 11.1. The van der Waals surface area contributed by atoms with Crippen molar-refractivity contribution in [1.29, 1.82) is 0 Å². The minimum absolute atomic E-state index is 0.0820. The van der Waals surface area contributed by atoms with Crippen molar-refractivity contribution in [3.05, 3.63) is 75.6 Å². The Bertz CT molecular complexity index is 849. The fourth-order valence-corrected chi connectivity index (χ4v) is 2.23. The molecule has 8 nitrogen and oxygen atoms in total. The molecule has 140 valence electrons. The molecule has 0 aliphatic carbocycles. The number of Topliss-reactive ketones (excluding diaryl/α,β-unsaturated/α-hetero) is 1. The average molecular weight is 369 g/mol. The molecule has 27 heavy (non-hydrogen) atoms. The molecule has 0 fully saturated rings. The summed E-state index contributed by atoms with van der Waals surface area (Å²) >= 11 is 0. The summed E-state index contributed by atoms with van der Waals surface area (Å²) in [5.41, 5.74) is 1.09. The fraction of sp³-hybridized carbons (Fsp3) is 0.211. The number of ether oxygens (including phenoxy) is 1. The third kappa shape index (κ3) is 6.44. The molecule has 1 heterocycles. The van der Waals surface area contributed by atoms with Crippen LogP contribution in [0.3, 0.4) is 0 Å². The summed E-state index contributed by atoms with van der Waals surface area (Å²) in [6, 6.07) is 9.41. The maximum Gasteiger partial charge on any atom is 0.341 e. The van der Waals surface area contributed by atoms with Crippen molar-refractivity contribution in [1.82, 2.24) is 10.3 Å². The average Bonchev–Trinajstić information content (AvgIpc) is 2.66. The number of carbonyl (C=O) groups is 2. The van der Waals surface area contributed by atoms with Gasteiger partial charge < -0.3 is 10.1 Å². The van der Waals surface area contributed by atoms with Gasteiger partial charge in [-0.05, 0) is 30.2 Å². The number of aromatic nitrogens is 1. The number of nitrogens with one attached hydrogen (secondary N) is 1. The molecule has 0 radical (unpaired) electrons.